The molecule has 21 heavy (non-hydrogen) atoms. The lowest BCUT2D eigenvalue weighted by Gasteiger charge is -2.22. The Labute approximate surface area is 120 Å². The number of benzene rings is 1. The Morgan fingerprint density at radius 2 is 1.95 bits per heavy atom. The third kappa shape index (κ3) is 2.49. The minimum Gasteiger partial charge on any atom is -0.340 e. The summed E-state index contributed by atoms with van der Waals surface area (Å²) in [5, 5.41) is 7.43. The largest absolute Gasteiger partial charge is 0.340 e. The van der Waals surface area contributed by atoms with E-state index in [0.717, 1.165) is 5.56 Å². The lowest BCUT2D eigenvalue weighted by atomic mass is 10.0. The molecular formula is C14H13N3O4. The summed E-state index contributed by atoms with van der Waals surface area (Å²) in [6.07, 6.45) is 0.715. The predicted molar refractivity (Wildman–Crippen MR) is 72.4 cm³/mol. The standard InChI is InChI=1S/C14H13N3O4/c18-10-5-4-9(14(21)17-10)15-13(20)8-3-1-2-7-6-11(19)16-12(7)8/h1-3,9H,4-6H2,(H,15,20)(H,16,19)(H,17,18,21). The van der Waals surface area contributed by atoms with Crippen LogP contribution in [0.5, 0.6) is 0 Å². The zero-order valence-corrected chi connectivity index (χ0v) is 11.1. The van der Waals surface area contributed by atoms with Crippen molar-refractivity contribution in [2.75, 3.05) is 5.32 Å². The molecule has 2 aliphatic rings. The fraction of sp³-hybridized carbons (Fsp3) is 0.286. The second-order valence-corrected chi connectivity index (χ2v) is 5.04. The average Bonchev–Trinajstić information content (AvgIpc) is 2.81. The van der Waals surface area contributed by atoms with E-state index < -0.39 is 17.9 Å². The van der Waals surface area contributed by atoms with Crippen molar-refractivity contribution in [2.24, 2.45) is 0 Å². The molecule has 7 heteroatoms. The second kappa shape index (κ2) is 5.01. The zero-order valence-electron chi connectivity index (χ0n) is 11.1. The van der Waals surface area contributed by atoms with Gasteiger partial charge in [0.05, 0.1) is 17.7 Å². The first kappa shape index (κ1) is 13.3. The van der Waals surface area contributed by atoms with E-state index in [0.29, 0.717) is 11.3 Å². The maximum Gasteiger partial charge on any atom is 0.254 e. The van der Waals surface area contributed by atoms with Crippen LogP contribution in [0.1, 0.15) is 28.8 Å². The Morgan fingerprint density at radius 1 is 1.14 bits per heavy atom. The molecule has 1 saturated heterocycles. The van der Waals surface area contributed by atoms with Crippen molar-refractivity contribution in [2.45, 2.75) is 25.3 Å². The van der Waals surface area contributed by atoms with E-state index in [1.165, 1.54) is 0 Å². The normalized spacial score (nSPS) is 20.6. The highest BCUT2D eigenvalue weighted by Crippen LogP contribution is 2.27. The highest BCUT2D eigenvalue weighted by molar-refractivity contribution is 6.10. The number of amides is 4. The Hall–Kier alpha value is -2.70. The van der Waals surface area contributed by atoms with Crippen LogP contribution in [0, 0.1) is 0 Å². The van der Waals surface area contributed by atoms with Crippen molar-refractivity contribution in [3.05, 3.63) is 29.3 Å². The number of fused-ring (bicyclic) bond motifs is 1. The van der Waals surface area contributed by atoms with Crippen LogP contribution in [0.3, 0.4) is 0 Å². The quantitative estimate of drug-likeness (QED) is 0.650. The highest BCUT2D eigenvalue weighted by Gasteiger charge is 2.30. The molecule has 0 aliphatic carbocycles. The van der Waals surface area contributed by atoms with Crippen LogP contribution in [0.2, 0.25) is 0 Å². The van der Waals surface area contributed by atoms with E-state index >= 15 is 0 Å². The average molecular weight is 287 g/mol. The molecule has 1 aromatic carbocycles. The third-order valence-corrected chi connectivity index (χ3v) is 3.56. The summed E-state index contributed by atoms with van der Waals surface area (Å²) in [5.74, 6) is -1.44. The molecule has 4 amide bonds. The van der Waals surface area contributed by atoms with E-state index in [2.05, 4.69) is 16.0 Å². The minimum atomic E-state index is -0.733. The fourth-order valence-corrected chi connectivity index (χ4v) is 2.51. The van der Waals surface area contributed by atoms with E-state index in [4.69, 9.17) is 0 Å². The van der Waals surface area contributed by atoms with Crippen molar-refractivity contribution >= 4 is 29.3 Å². The summed E-state index contributed by atoms with van der Waals surface area (Å²) < 4.78 is 0. The molecule has 1 unspecified atom stereocenters. The van der Waals surface area contributed by atoms with E-state index in [1.807, 2.05) is 0 Å². The molecule has 0 bridgehead atoms. The fourth-order valence-electron chi connectivity index (χ4n) is 2.51. The first-order valence-corrected chi connectivity index (χ1v) is 6.61. The van der Waals surface area contributed by atoms with Gasteiger partial charge in [-0.3, -0.25) is 24.5 Å². The van der Waals surface area contributed by atoms with Crippen LogP contribution >= 0.6 is 0 Å². The van der Waals surface area contributed by atoms with Crippen molar-refractivity contribution in [1.82, 2.24) is 10.6 Å². The molecule has 108 valence electrons. The molecule has 0 radical (unpaired) electrons. The molecular weight excluding hydrogens is 274 g/mol. The van der Waals surface area contributed by atoms with Gasteiger partial charge in [-0.25, -0.2) is 0 Å². The van der Waals surface area contributed by atoms with Crippen LogP contribution in [-0.4, -0.2) is 29.7 Å². The number of carbonyl (C=O) groups is 4. The number of carbonyl (C=O) groups excluding carboxylic acids is 4. The van der Waals surface area contributed by atoms with Gasteiger partial charge in [0.25, 0.3) is 5.91 Å². The number of piperidine rings is 1. The Balaban J connectivity index is 1.78. The van der Waals surface area contributed by atoms with Gasteiger partial charge in [0, 0.05) is 6.42 Å². The van der Waals surface area contributed by atoms with Crippen molar-refractivity contribution in [3.8, 4) is 0 Å². The maximum absolute atomic E-state index is 12.3. The van der Waals surface area contributed by atoms with Gasteiger partial charge in [0.2, 0.25) is 17.7 Å². The monoisotopic (exact) mass is 287 g/mol. The topological polar surface area (TPSA) is 104 Å². The maximum atomic E-state index is 12.3. The van der Waals surface area contributed by atoms with Crippen LogP contribution < -0.4 is 16.0 Å². The number of hydrogen-bond donors (Lipinski definition) is 3. The predicted octanol–water partition coefficient (Wildman–Crippen LogP) is -0.284. The summed E-state index contributed by atoms with van der Waals surface area (Å²) >= 11 is 0. The number of hydrogen-bond acceptors (Lipinski definition) is 4. The van der Waals surface area contributed by atoms with Gasteiger partial charge in [-0.1, -0.05) is 12.1 Å². The van der Waals surface area contributed by atoms with Gasteiger partial charge in [0.1, 0.15) is 6.04 Å². The molecule has 1 aromatic rings. The number of para-hydroxylation sites is 1. The van der Waals surface area contributed by atoms with Gasteiger partial charge in [-0.05, 0) is 18.1 Å². The number of imide groups is 1. The Kier molecular flexibility index (Phi) is 3.17. The molecule has 3 rings (SSSR count). The van der Waals surface area contributed by atoms with E-state index in [-0.39, 0.29) is 31.1 Å². The first-order chi connectivity index (χ1) is 10.0. The SMILES string of the molecule is O=C1CCC(NC(=O)c2cccc3c2NC(=O)C3)C(=O)N1. The molecule has 7 nitrogen and oxygen atoms in total. The highest BCUT2D eigenvalue weighted by atomic mass is 16.2. The molecule has 1 fully saturated rings. The van der Waals surface area contributed by atoms with Gasteiger partial charge < -0.3 is 10.6 Å². The number of nitrogens with one attached hydrogen (secondary N) is 3. The van der Waals surface area contributed by atoms with Gasteiger partial charge in [-0.2, -0.15) is 0 Å². The zero-order chi connectivity index (χ0) is 15.0. The van der Waals surface area contributed by atoms with E-state index in [9.17, 15) is 19.2 Å². The third-order valence-electron chi connectivity index (χ3n) is 3.56. The lowest BCUT2D eigenvalue weighted by molar-refractivity contribution is -0.134. The van der Waals surface area contributed by atoms with Gasteiger partial charge in [-0.15, -0.1) is 0 Å². The number of rotatable bonds is 2. The molecule has 2 aliphatic heterocycles. The van der Waals surface area contributed by atoms with Crippen LogP contribution in [0.15, 0.2) is 18.2 Å². The van der Waals surface area contributed by atoms with Gasteiger partial charge in [0.15, 0.2) is 0 Å². The van der Waals surface area contributed by atoms with Crippen LogP contribution in [0.4, 0.5) is 5.69 Å². The first-order valence-electron chi connectivity index (χ1n) is 6.61. The van der Waals surface area contributed by atoms with Crippen molar-refractivity contribution in [1.29, 1.82) is 0 Å². The lowest BCUT2D eigenvalue weighted by Crippen LogP contribution is -2.52. The minimum absolute atomic E-state index is 0.161. The molecule has 3 N–H and O–H groups in total. The Morgan fingerprint density at radius 3 is 2.71 bits per heavy atom. The molecule has 1 atom stereocenters. The molecule has 0 spiro atoms. The van der Waals surface area contributed by atoms with Crippen LogP contribution in [-0.2, 0) is 20.8 Å². The second-order valence-electron chi connectivity index (χ2n) is 5.04. The summed E-state index contributed by atoms with van der Waals surface area (Å²) in [6, 6.07) is 4.32. The summed E-state index contributed by atoms with van der Waals surface area (Å²) in [7, 11) is 0. The van der Waals surface area contributed by atoms with Crippen LogP contribution in [0.25, 0.3) is 0 Å². The van der Waals surface area contributed by atoms with Gasteiger partial charge >= 0.3 is 0 Å². The van der Waals surface area contributed by atoms with Crippen molar-refractivity contribution in [3.63, 3.8) is 0 Å². The molecule has 2 heterocycles. The van der Waals surface area contributed by atoms with Crippen molar-refractivity contribution < 1.29 is 19.2 Å². The Bertz CT molecular complexity index is 668. The smallest absolute Gasteiger partial charge is 0.254 e. The molecule has 0 aromatic heterocycles. The summed E-state index contributed by atoms with van der Waals surface area (Å²) in [4.78, 5) is 46.4. The molecule has 0 saturated carbocycles. The summed E-state index contributed by atoms with van der Waals surface area (Å²) in [6.45, 7) is 0. The van der Waals surface area contributed by atoms with E-state index in [1.54, 1.807) is 18.2 Å². The number of anilines is 1. The summed E-state index contributed by atoms with van der Waals surface area (Å²) in [5.41, 5.74) is 1.58.